The van der Waals surface area contributed by atoms with Gasteiger partial charge in [0.05, 0.1) is 19.3 Å². The lowest BCUT2D eigenvalue weighted by Gasteiger charge is -2.33. The van der Waals surface area contributed by atoms with E-state index in [0.717, 1.165) is 54.8 Å². The SMILES string of the molecule is CN=C(NCc1csc(N(C)C)n1)NC1CCN(Cc2ccc(OC)c(F)c2)CC1.I. The molecule has 2 heterocycles. The monoisotopic (exact) mass is 562 g/mol. The number of aliphatic imine (C=N–C) groups is 1. The topological polar surface area (TPSA) is 65.0 Å². The van der Waals surface area contributed by atoms with Crippen LogP contribution in [0.25, 0.3) is 0 Å². The largest absolute Gasteiger partial charge is 0.494 e. The highest BCUT2D eigenvalue weighted by molar-refractivity contribution is 14.0. The lowest BCUT2D eigenvalue weighted by molar-refractivity contribution is 0.198. The first-order valence-electron chi connectivity index (χ1n) is 10.1. The third kappa shape index (κ3) is 7.46. The molecule has 1 aromatic carbocycles. The number of nitrogens with zero attached hydrogens (tertiary/aromatic N) is 4. The summed E-state index contributed by atoms with van der Waals surface area (Å²) in [4.78, 5) is 13.3. The van der Waals surface area contributed by atoms with E-state index in [1.54, 1.807) is 30.5 Å². The molecule has 1 saturated heterocycles. The molecule has 10 heteroatoms. The molecule has 3 rings (SSSR count). The number of piperidine rings is 1. The van der Waals surface area contributed by atoms with E-state index < -0.39 is 0 Å². The van der Waals surface area contributed by atoms with Crippen LogP contribution in [0.2, 0.25) is 0 Å². The van der Waals surface area contributed by atoms with Gasteiger partial charge >= 0.3 is 0 Å². The quantitative estimate of drug-likeness (QED) is 0.307. The summed E-state index contributed by atoms with van der Waals surface area (Å²) >= 11 is 1.63. The lowest BCUT2D eigenvalue weighted by atomic mass is 10.0. The van der Waals surface area contributed by atoms with Gasteiger partial charge in [0.25, 0.3) is 0 Å². The molecule has 0 spiro atoms. The Morgan fingerprint density at radius 1 is 1.35 bits per heavy atom. The highest BCUT2D eigenvalue weighted by Crippen LogP contribution is 2.20. The number of thiazole rings is 1. The fraction of sp³-hybridized carbons (Fsp3) is 0.524. The second kappa shape index (κ2) is 12.4. The van der Waals surface area contributed by atoms with Gasteiger partial charge in [0, 0.05) is 52.2 Å². The van der Waals surface area contributed by atoms with E-state index in [2.05, 4.69) is 30.9 Å². The fourth-order valence-electron chi connectivity index (χ4n) is 3.45. The number of hydrogen-bond donors (Lipinski definition) is 2. The first-order valence-corrected chi connectivity index (χ1v) is 11.0. The zero-order valence-electron chi connectivity index (χ0n) is 18.5. The van der Waals surface area contributed by atoms with Crippen molar-refractivity contribution in [2.75, 3.05) is 46.2 Å². The van der Waals surface area contributed by atoms with Crippen molar-refractivity contribution in [3.05, 3.63) is 40.7 Å². The molecule has 1 fully saturated rings. The number of likely N-dealkylation sites (tertiary alicyclic amines) is 1. The Morgan fingerprint density at radius 3 is 2.68 bits per heavy atom. The summed E-state index contributed by atoms with van der Waals surface area (Å²) in [7, 11) is 7.26. The van der Waals surface area contributed by atoms with Crippen molar-refractivity contribution >= 4 is 46.4 Å². The third-order valence-electron chi connectivity index (χ3n) is 5.13. The van der Waals surface area contributed by atoms with Crippen LogP contribution in [0.15, 0.2) is 28.6 Å². The maximum absolute atomic E-state index is 13.9. The molecule has 0 unspecified atom stereocenters. The van der Waals surface area contributed by atoms with Gasteiger partial charge in [-0.1, -0.05) is 6.07 Å². The molecule has 0 bridgehead atoms. The van der Waals surface area contributed by atoms with Gasteiger partial charge in [-0.25, -0.2) is 9.37 Å². The van der Waals surface area contributed by atoms with E-state index >= 15 is 0 Å². The summed E-state index contributed by atoms with van der Waals surface area (Å²) in [6.07, 6.45) is 2.03. The summed E-state index contributed by atoms with van der Waals surface area (Å²) in [5.41, 5.74) is 1.98. The Kier molecular flexibility index (Phi) is 10.2. The molecule has 1 aliphatic heterocycles. The molecule has 7 nitrogen and oxygen atoms in total. The summed E-state index contributed by atoms with van der Waals surface area (Å²) in [6.45, 7) is 3.31. The molecular weight excluding hydrogens is 530 g/mol. The van der Waals surface area contributed by atoms with Gasteiger partial charge in [0.1, 0.15) is 0 Å². The Hall–Kier alpha value is -1.66. The van der Waals surface area contributed by atoms with E-state index in [9.17, 15) is 4.39 Å². The number of nitrogens with one attached hydrogen (secondary N) is 2. The van der Waals surface area contributed by atoms with Crippen LogP contribution in [0.1, 0.15) is 24.1 Å². The van der Waals surface area contributed by atoms with E-state index in [0.29, 0.717) is 12.6 Å². The predicted octanol–water partition coefficient (Wildman–Crippen LogP) is 3.30. The van der Waals surface area contributed by atoms with E-state index in [1.807, 2.05) is 25.1 Å². The van der Waals surface area contributed by atoms with E-state index in [-0.39, 0.29) is 35.5 Å². The zero-order valence-corrected chi connectivity index (χ0v) is 21.7. The van der Waals surface area contributed by atoms with Crippen LogP contribution in [-0.4, -0.2) is 63.2 Å². The van der Waals surface area contributed by atoms with Crippen LogP contribution in [-0.2, 0) is 13.1 Å². The minimum atomic E-state index is -0.306. The van der Waals surface area contributed by atoms with Crippen LogP contribution < -0.4 is 20.3 Å². The van der Waals surface area contributed by atoms with Gasteiger partial charge in [-0.3, -0.25) is 9.89 Å². The van der Waals surface area contributed by atoms with Gasteiger partial charge in [-0.2, -0.15) is 0 Å². The second-order valence-corrected chi connectivity index (χ2v) is 8.44. The number of anilines is 1. The molecule has 1 aromatic heterocycles. The van der Waals surface area contributed by atoms with Crippen molar-refractivity contribution in [2.45, 2.75) is 32.0 Å². The minimum absolute atomic E-state index is 0. The molecular formula is C21H32FIN6OS. The summed E-state index contributed by atoms with van der Waals surface area (Å²) in [6, 6.07) is 5.55. The molecule has 2 N–H and O–H groups in total. The van der Waals surface area contributed by atoms with Crippen LogP contribution in [0.4, 0.5) is 9.52 Å². The molecule has 0 aliphatic carbocycles. The number of hydrogen-bond acceptors (Lipinski definition) is 6. The molecule has 0 amide bonds. The van der Waals surface area contributed by atoms with Crippen molar-refractivity contribution < 1.29 is 9.13 Å². The standard InChI is InChI=1S/C21H31FN6OS.HI/c1-23-20(24-12-17-14-30-21(26-17)27(2)3)25-16-7-9-28(10-8-16)13-15-5-6-19(29-4)18(22)11-15;/h5-6,11,14,16H,7-10,12-13H2,1-4H3,(H2,23,24,25);1H. The van der Waals surface area contributed by atoms with Gasteiger partial charge < -0.3 is 20.3 Å². The minimum Gasteiger partial charge on any atom is -0.494 e. The Labute approximate surface area is 205 Å². The van der Waals surface area contributed by atoms with Crippen LogP contribution >= 0.6 is 35.3 Å². The summed E-state index contributed by atoms with van der Waals surface area (Å²) < 4.78 is 18.9. The van der Waals surface area contributed by atoms with Crippen molar-refractivity contribution in [1.82, 2.24) is 20.5 Å². The normalized spacial score (nSPS) is 15.3. The zero-order chi connectivity index (χ0) is 21.5. The van der Waals surface area contributed by atoms with Gasteiger partial charge in [-0.05, 0) is 30.5 Å². The number of guanidine groups is 1. The molecule has 172 valence electrons. The number of methoxy groups -OCH3 is 1. The summed E-state index contributed by atoms with van der Waals surface area (Å²) in [5.74, 6) is 0.778. The number of aromatic nitrogens is 1. The molecule has 0 atom stereocenters. The van der Waals surface area contributed by atoms with Crippen molar-refractivity contribution in [1.29, 1.82) is 0 Å². The van der Waals surface area contributed by atoms with E-state index in [1.165, 1.54) is 7.11 Å². The first-order chi connectivity index (χ1) is 14.5. The maximum Gasteiger partial charge on any atom is 0.191 e. The molecule has 2 aromatic rings. The number of ether oxygens (including phenoxy) is 1. The highest BCUT2D eigenvalue weighted by atomic mass is 127. The van der Waals surface area contributed by atoms with Crippen molar-refractivity contribution in [3.63, 3.8) is 0 Å². The number of benzene rings is 1. The highest BCUT2D eigenvalue weighted by Gasteiger charge is 2.20. The number of rotatable bonds is 7. The lowest BCUT2D eigenvalue weighted by Crippen LogP contribution is -2.48. The smallest absolute Gasteiger partial charge is 0.191 e. The van der Waals surface area contributed by atoms with Crippen molar-refractivity contribution in [3.8, 4) is 5.75 Å². The number of halogens is 2. The van der Waals surface area contributed by atoms with Crippen molar-refractivity contribution in [2.24, 2.45) is 4.99 Å². The Morgan fingerprint density at radius 2 is 2.10 bits per heavy atom. The average molecular weight is 562 g/mol. The van der Waals surface area contributed by atoms with Gasteiger partial charge in [-0.15, -0.1) is 35.3 Å². The van der Waals surface area contributed by atoms with E-state index in [4.69, 9.17) is 4.74 Å². The third-order valence-corrected chi connectivity index (χ3v) is 6.19. The summed E-state index contributed by atoms with van der Waals surface area (Å²) in [5, 5.41) is 9.93. The molecule has 1 aliphatic rings. The second-order valence-electron chi connectivity index (χ2n) is 7.61. The Balaban J connectivity index is 0.00000341. The van der Waals surface area contributed by atoms with Crippen LogP contribution in [0, 0.1) is 5.82 Å². The average Bonchev–Trinajstić information content (AvgIpc) is 3.22. The fourth-order valence-corrected chi connectivity index (χ4v) is 4.21. The Bertz CT molecular complexity index is 854. The van der Waals surface area contributed by atoms with Gasteiger partial charge in [0.15, 0.2) is 22.7 Å². The van der Waals surface area contributed by atoms with Crippen LogP contribution in [0.5, 0.6) is 5.75 Å². The molecule has 0 saturated carbocycles. The predicted molar refractivity (Wildman–Crippen MR) is 136 cm³/mol. The first kappa shape index (κ1) is 25.6. The molecule has 31 heavy (non-hydrogen) atoms. The maximum atomic E-state index is 13.9. The van der Waals surface area contributed by atoms with Gasteiger partial charge in [0.2, 0.25) is 0 Å². The van der Waals surface area contributed by atoms with Crippen LogP contribution in [0.3, 0.4) is 0 Å². The molecule has 0 radical (unpaired) electrons.